The number of hydrogen-bond acceptors (Lipinski definition) is 4. The van der Waals surface area contributed by atoms with Gasteiger partial charge in [-0.1, -0.05) is 6.92 Å². The molecule has 0 rings (SSSR count). The van der Waals surface area contributed by atoms with Crippen molar-refractivity contribution in [2.24, 2.45) is 0 Å². The first-order valence-corrected chi connectivity index (χ1v) is 7.96. The Bertz CT molecular complexity index is 329. The molecule has 7 heteroatoms. The van der Waals surface area contributed by atoms with Gasteiger partial charge in [0.15, 0.2) is 0 Å². The minimum atomic E-state index is -0.464. The number of nitrogens with one attached hydrogen (secondary N) is 1. The van der Waals surface area contributed by atoms with Gasteiger partial charge >= 0.3 is 6.09 Å². The number of amides is 2. The van der Waals surface area contributed by atoms with Gasteiger partial charge in [0, 0.05) is 19.1 Å². The summed E-state index contributed by atoms with van der Waals surface area (Å²) < 4.78 is 5.20. The standard InChI is InChI=1S/C15H30N2O3.CH2O2/c1-6-10-17(12-18)11-8-7-9-13(2)16-14(19)20-15(3,4)5;2-1-3/h12-13H,6-11H2,1-5H3,(H,16,19);1H,(H,2,3). The summed E-state index contributed by atoms with van der Waals surface area (Å²) in [5.41, 5.74) is -0.464. The van der Waals surface area contributed by atoms with E-state index in [0.29, 0.717) is 0 Å². The van der Waals surface area contributed by atoms with Crippen molar-refractivity contribution in [3.05, 3.63) is 0 Å². The molecular formula is C16H32N2O5. The molecule has 0 saturated carbocycles. The number of ether oxygens (including phenoxy) is 1. The van der Waals surface area contributed by atoms with E-state index in [1.54, 1.807) is 4.90 Å². The Morgan fingerprint density at radius 2 is 1.83 bits per heavy atom. The molecule has 1 unspecified atom stereocenters. The highest BCUT2D eigenvalue weighted by Crippen LogP contribution is 2.08. The van der Waals surface area contributed by atoms with Crippen molar-refractivity contribution >= 4 is 19.0 Å². The van der Waals surface area contributed by atoms with E-state index in [-0.39, 0.29) is 18.6 Å². The third kappa shape index (κ3) is 18.2. The molecule has 136 valence electrons. The molecule has 0 aliphatic heterocycles. The number of nitrogens with zero attached hydrogens (tertiary/aromatic N) is 1. The summed E-state index contributed by atoms with van der Waals surface area (Å²) in [6, 6.07) is 0.0840. The van der Waals surface area contributed by atoms with Crippen LogP contribution in [0.1, 0.15) is 60.3 Å². The highest BCUT2D eigenvalue weighted by Gasteiger charge is 2.17. The highest BCUT2D eigenvalue weighted by molar-refractivity contribution is 5.67. The van der Waals surface area contributed by atoms with E-state index in [2.05, 4.69) is 12.2 Å². The van der Waals surface area contributed by atoms with Crippen LogP contribution in [0.25, 0.3) is 0 Å². The monoisotopic (exact) mass is 332 g/mol. The minimum absolute atomic E-state index is 0.0840. The van der Waals surface area contributed by atoms with Gasteiger partial charge in [0.2, 0.25) is 6.41 Å². The Morgan fingerprint density at radius 3 is 2.26 bits per heavy atom. The van der Waals surface area contributed by atoms with Gasteiger partial charge in [0.25, 0.3) is 6.47 Å². The van der Waals surface area contributed by atoms with Crippen LogP contribution in [0, 0.1) is 0 Å². The summed E-state index contributed by atoms with van der Waals surface area (Å²) in [6.07, 6.45) is 4.34. The van der Waals surface area contributed by atoms with Gasteiger partial charge in [-0.2, -0.15) is 0 Å². The predicted molar refractivity (Wildman–Crippen MR) is 89.3 cm³/mol. The lowest BCUT2D eigenvalue weighted by atomic mass is 10.1. The van der Waals surface area contributed by atoms with Crippen LogP contribution in [0.3, 0.4) is 0 Å². The number of unbranched alkanes of at least 4 members (excludes halogenated alkanes) is 1. The molecule has 0 bridgehead atoms. The average molecular weight is 332 g/mol. The second kappa shape index (κ2) is 13.8. The SMILES string of the molecule is CCCN(C=O)CCCCC(C)NC(=O)OC(C)(C)C.O=CO. The molecule has 0 saturated heterocycles. The second-order valence-corrected chi connectivity index (χ2v) is 6.29. The Hall–Kier alpha value is -1.79. The zero-order valence-corrected chi connectivity index (χ0v) is 15.0. The van der Waals surface area contributed by atoms with Crippen LogP contribution in [0.15, 0.2) is 0 Å². The van der Waals surface area contributed by atoms with E-state index < -0.39 is 5.60 Å². The topological polar surface area (TPSA) is 95.9 Å². The third-order valence-corrected chi connectivity index (χ3v) is 2.76. The summed E-state index contributed by atoms with van der Waals surface area (Å²) >= 11 is 0. The van der Waals surface area contributed by atoms with E-state index in [1.807, 2.05) is 27.7 Å². The number of hydrogen-bond donors (Lipinski definition) is 2. The molecule has 7 nitrogen and oxygen atoms in total. The molecule has 0 radical (unpaired) electrons. The molecule has 0 aliphatic carbocycles. The third-order valence-electron chi connectivity index (χ3n) is 2.76. The van der Waals surface area contributed by atoms with Crippen molar-refractivity contribution in [3.63, 3.8) is 0 Å². The van der Waals surface area contributed by atoms with Gasteiger partial charge in [0.05, 0.1) is 0 Å². The molecule has 0 aliphatic rings. The molecule has 0 aromatic carbocycles. The van der Waals surface area contributed by atoms with Crippen molar-refractivity contribution in [2.45, 2.75) is 71.9 Å². The van der Waals surface area contributed by atoms with Gasteiger partial charge in [0.1, 0.15) is 5.60 Å². The fourth-order valence-electron chi connectivity index (χ4n) is 1.85. The normalized spacial score (nSPS) is 11.5. The van der Waals surface area contributed by atoms with Crippen LogP contribution in [0.2, 0.25) is 0 Å². The summed E-state index contributed by atoms with van der Waals surface area (Å²) in [4.78, 5) is 32.5. The van der Waals surface area contributed by atoms with Gasteiger partial charge in [-0.3, -0.25) is 9.59 Å². The molecule has 1 atom stereocenters. The first-order chi connectivity index (χ1) is 10.7. The van der Waals surface area contributed by atoms with Gasteiger partial charge < -0.3 is 20.1 Å². The van der Waals surface area contributed by atoms with Crippen LogP contribution in [-0.2, 0) is 14.3 Å². The molecular weight excluding hydrogens is 300 g/mol. The largest absolute Gasteiger partial charge is 0.483 e. The minimum Gasteiger partial charge on any atom is -0.483 e. The second-order valence-electron chi connectivity index (χ2n) is 6.29. The average Bonchev–Trinajstić information content (AvgIpc) is 2.40. The number of carboxylic acid groups (broad SMARTS) is 1. The maximum atomic E-state index is 11.6. The van der Waals surface area contributed by atoms with Crippen molar-refractivity contribution in [1.82, 2.24) is 10.2 Å². The van der Waals surface area contributed by atoms with Crippen LogP contribution >= 0.6 is 0 Å². The Labute approximate surface area is 139 Å². The predicted octanol–water partition coefficient (Wildman–Crippen LogP) is 2.64. The Balaban J connectivity index is 0. The van der Waals surface area contributed by atoms with Gasteiger partial charge in [-0.25, -0.2) is 4.79 Å². The van der Waals surface area contributed by atoms with Crippen molar-refractivity contribution in [3.8, 4) is 0 Å². The van der Waals surface area contributed by atoms with Crippen LogP contribution in [0.4, 0.5) is 4.79 Å². The zero-order valence-electron chi connectivity index (χ0n) is 15.0. The maximum Gasteiger partial charge on any atom is 0.407 e. The van der Waals surface area contributed by atoms with E-state index in [9.17, 15) is 9.59 Å². The van der Waals surface area contributed by atoms with E-state index in [4.69, 9.17) is 14.6 Å². The van der Waals surface area contributed by atoms with Crippen molar-refractivity contribution in [2.75, 3.05) is 13.1 Å². The molecule has 0 aromatic heterocycles. The van der Waals surface area contributed by atoms with E-state index in [1.165, 1.54) is 0 Å². The molecule has 0 aromatic rings. The molecule has 0 spiro atoms. The quantitative estimate of drug-likeness (QED) is 0.500. The van der Waals surface area contributed by atoms with Crippen LogP contribution in [-0.4, -0.2) is 53.7 Å². The van der Waals surface area contributed by atoms with Gasteiger partial charge in [-0.15, -0.1) is 0 Å². The summed E-state index contributed by atoms with van der Waals surface area (Å²) in [7, 11) is 0. The number of rotatable bonds is 9. The summed E-state index contributed by atoms with van der Waals surface area (Å²) in [5, 5.41) is 9.71. The Kier molecular flexibility index (Phi) is 14.1. The van der Waals surface area contributed by atoms with Crippen molar-refractivity contribution < 1.29 is 24.2 Å². The van der Waals surface area contributed by atoms with Crippen LogP contribution < -0.4 is 5.32 Å². The summed E-state index contributed by atoms with van der Waals surface area (Å²) in [6.45, 7) is 10.9. The number of carbonyl (C=O) groups excluding carboxylic acids is 2. The lowest BCUT2D eigenvalue weighted by Crippen LogP contribution is -2.37. The first kappa shape index (κ1) is 23.5. The number of carbonyl (C=O) groups is 3. The fraction of sp³-hybridized carbons (Fsp3) is 0.812. The molecule has 0 fully saturated rings. The van der Waals surface area contributed by atoms with E-state index >= 15 is 0 Å². The lowest BCUT2D eigenvalue weighted by Gasteiger charge is -2.22. The lowest BCUT2D eigenvalue weighted by molar-refractivity contribution is -0.123. The zero-order chi connectivity index (χ0) is 18.3. The molecule has 0 heterocycles. The van der Waals surface area contributed by atoms with Gasteiger partial charge in [-0.05, 0) is 53.4 Å². The maximum absolute atomic E-state index is 11.6. The highest BCUT2D eigenvalue weighted by atomic mass is 16.6. The van der Waals surface area contributed by atoms with Crippen molar-refractivity contribution in [1.29, 1.82) is 0 Å². The van der Waals surface area contributed by atoms with Crippen LogP contribution in [0.5, 0.6) is 0 Å². The molecule has 23 heavy (non-hydrogen) atoms. The summed E-state index contributed by atoms with van der Waals surface area (Å²) in [5.74, 6) is 0. The molecule has 2 amide bonds. The Morgan fingerprint density at radius 1 is 1.26 bits per heavy atom. The fourth-order valence-corrected chi connectivity index (χ4v) is 1.85. The first-order valence-electron chi connectivity index (χ1n) is 7.96. The number of alkyl carbamates (subject to hydrolysis) is 1. The smallest absolute Gasteiger partial charge is 0.407 e. The molecule has 2 N–H and O–H groups in total. The van der Waals surface area contributed by atoms with E-state index in [0.717, 1.165) is 45.2 Å².